The number of ether oxygens (including phenoxy) is 2. The van der Waals surface area contributed by atoms with Gasteiger partial charge >= 0.3 is 0 Å². The average Bonchev–Trinajstić information content (AvgIpc) is 2.56. The van der Waals surface area contributed by atoms with Gasteiger partial charge < -0.3 is 14.9 Å². The summed E-state index contributed by atoms with van der Waals surface area (Å²) in [6.45, 7) is 4.55. The monoisotopic (exact) mass is 332 g/mol. The van der Waals surface area contributed by atoms with Crippen LogP contribution in [0.1, 0.15) is 23.6 Å². The Bertz CT molecular complexity index is 714. The number of rotatable bonds is 6. The van der Waals surface area contributed by atoms with E-state index in [0.29, 0.717) is 23.1 Å². The van der Waals surface area contributed by atoms with Crippen molar-refractivity contribution in [1.82, 2.24) is 5.43 Å². The molecule has 0 aliphatic carbocycles. The van der Waals surface area contributed by atoms with Crippen molar-refractivity contribution in [3.8, 4) is 11.5 Å². The molecule has 0 fully saturated rings. The largest absolute Gasteiger partial charge is 0.493 e. The van der Waals surface area contributed by atoms with E-state index in [1.165, 1.54) is 0 Å². The zero-order chi connectivity index (χ0) is 16.8. The Labute approximate surface area is 142 Å². The van der Waals surface area contributed by atoms with Crippen molar-refractivity contribution < 1.29 is 9.47 Å². The van der Waals surface area contributed by atoms with Gasteiger partial charge in [-0.2, -0.15) is 5.10 Å². The Morgan fingerprint density at radius 3 is 2.52 bits per heavy atom. The lowest BCUT2D eigenvalue weighted by Crippen LogP contribution is -2.10. The quantitative estimate of drug-likeness (QED) is 0.637. The minimum absolute atomic E-state index is 0.584. The maximum absolute atomic E-state index is 6.22. The molecule has 0 aromatic heterocycles. The number of aryl methyl sites for hydroxylation is 1. The number of hydrazone groups is 1. The summed E-state index contributed by atoms with van der Waals surface area (Å²) in [5, 5.41) is 5.10. The smallest absolute Gasteiger partial charge is 0.161 e. The highest BCUT2D eigenvalue weighted by atomic mass is 35.5. The molecule has 4 nitrogen and oxygen atoms in total. The van der Waals surface area contributed by atoms with Crippen molar-refractivity contribution in [2.24, 2.45) is 5.10 Å². The second kappa shape index (κ2) is 7.88. The van der Waals surface area contributed by atoms with Crippen LogP contribution in [0.25, 0.3) is 0 Å². The molecule has 23 heavy (non-hydrogen) atoms. The minimum atomic E-state index is 0.584. The molecule has 5 heteroatoms. The highest BCUT2D eigenvalue weighted by molar-refractivity contribution is 6.34. The van der Waals surface area contributed by atoms with Crippen LogP contribution in [-0.4, -0.2) is 19.9 Å². The van der Waals surface area contributed by atoms with E-state index in [-0.39, 0.29) is 0 Å². The Morgan fingerprint density at radius 2 is 1.83 bits per heavy atom. The van der Waals surface area contributed by atoms with Gasteiger partial charge in [-0.1, -0.05) is 29.3 Å². The Kier molecular flexibility index (Phi) is 5.88. The van der Waals surface area contributed by atoms with Crippen LogP contribution in [0.15, 0.2) is 41.5 Å². The molecule has 0 unspecified atom stereocenters. The fourth-order valence-electron chi connectivity index (χ4n) is 2.22. The first-order chi connectivity index (χ1) is 11.0. The van der Waals surface area contributed by atoms with E-state index in [1.54, 1.807) is 14.2 Å². The van der Waals surface area contributed by atoms with Gasteiger partial charge in [-0.3, -0.25) is 0 Å². The van der Waals surface area contributed by atoms with Crippen LogP contribution in [0.5, 0.6) is 11.5 Å². The third-order valence-corrected chi connectivity index (χ3v) is 3.82. The number of nitrogens with one attached hydrogen (secondary N) is 1. The van der Waals surface area contributed by atoms with Crippen molar-refractivity contribution in [1.29, 1.82) is 0 Å². The van der Waals surface area contributed by atoms with Crippen LogP contribution < -0.4 is 14.9 Å². The number of halogens is 1. The molecule has 0 heterocycles. The molecule has 2 rings (SSSR count). The topological polar surface area (TPSA) is 42.8 Å². The molecular formula is C18H21ClN2O2. The zero-order valence-electron chi connectivity index (χ0n) is 13.8. The molecular weight excluding hydrogens is 312 g/mol. The highest BCUT2D eigenvalue weighted by Crippen LogP contribution is 2.27. The minimum Gasteiger partial charge on any atom is -0.493 e. The standard InChI is InChI=1S/C18H21ClN2O2/c1-12-5-7-16(19)15(9-12)13(2)21-20-11-14-6-8-17(22-3)18(10-14)23-4/h5-10,20H,11H2,1-4H3/b21-13-. The lowest BCUT2D eigenvalue weighted by Gasteiger charge is -2.10. The fourth-order valence-corrected chi connectivity index (χ4v) is 2.47. The fraction of sp³-hybridized carbons (Fsp3) is 0.278. The van der Waals surface area contributed by atoms with Crippen LogP contribution in [0, 0.1) is 6.92 Å². The van der Waals surface area contributed by atoms with E-state index >= 15 is 0 Å². The molecule has 0 aliphatic rings. The summed E-state index contributed by atoms with van der Waals surface area (Å²) in [6, 6.07) is 11.7. The first-order valence-corrected chi connectivity index (χ1v) is 7.67. The maximum atomic E-state index is 6.22. The van der Waals surface area contributed by atoms with E-state index < -0.39 is 0 Å². The first-order valence-electron chi connectivity index (χ1n) is 7.29. The lowest BCUT2D eigenvalue weighted by atomic mass is 10.1. The van der Waals surface area contributed by atoms with Crippen molar-refractivity contribution >= 4 is 17.3 Å². The molecule has 0 atom stereocenters. The summed E-state index contributed by atoms with van der Waals surface area (Å²) in [7, 11) is 3.24. The Hall–Kier alpha value is -2.20. The molecule has 0 amide bonds. The highest BCUT2D eigenvalue weighted by Gasteiger charge is 2.06. The van der Waals surface area contributed by atoms with Crippen LogP contribution in [-0.2, 0) is 6.54 Å². The van der Waals surface area contributed by atoms with Gasteiger partial charge in [-0.15, -0.1) is 0 Å². The molecule has 0 spiro atoms. The van der Waals surface area contributed by atoms with E-state index in [9.17, 15) is 0 Å². The summed E-state index contributed by atoms with van der Waals surface area (Å²) in [5.74, 6) is 1.41. The van der Waals surface area contributed by atoms with Gasteiger partial charge in [0.2, 0.25) is 0 Å². The van der Waals surface area contributed by atoms with Gasteiger partial charge in [0.15, 0.2) is 11.5 Å². The van der Waals surface area contributed by atoms with Gasteiger partial charge in [0, 0.05) is 10.6 Å². The number of methoxy groups -OCH3 is 2. The predicted octanol–water partition coefficient (Wildman–Crippen LogP) is 4.18. The second-order valence-electron chi connectivity index (χ2n) is 5.20. The van der Waals surface area contributed by atoms with Crippen molar-refractivity contribution in [2.45, 2.75) is 20.4 Å². The molecule has 2 aromatic carbocycles. The number of nitrogens with zero attached hydrogens (tertiary/aromatic N) is 1. The van der Waals surface area contributed by atoms with Crippen LogP contribution in [0.2, 0.25) is 5.02 Å². The van der Waals surface area contributed by atoms with Crippen LogP contribution in [0.4, 0.5) is 0 Å². The number of hydrogen-bond acceptors (Lipinski definition) is 4. The number of benzene rings is 2. The molecule has 1 N–H and O–H groups in total. The zero-order valence-corrected chi connectivity index (χ0v) is 14.6. The number of hydrogen-bond donors (Lipinski definition) is 1. The summed E-state index contributed by atoms with van der Waals surface area (Å²) in [5.41, 5.74) is 7.05. The van der Waals surface area contributed by atoms with Gasteiger partial charge in [0.05, 0.1) is 26.5 Å². The Morgan fingerprint density at radius 1 is 1.09 bits per heavy atom. The molecule has 0 aliphatic heterocycles. The van der Waals surface area contributed by atoms with Crippen molar-refractivity contribution in [2.75, 3.05) is 14.2 Å². The predicted molar refractivity (Wildman–Crippen MR) is 94.8 cm³/mol. The van der Waals surface area contributed by atoms with E-state index in [2.05, 4.69) is 10.5 Å². The van der Waals surface area contributed by atoms with E-state index in [4.69, 9.17) is 21.1 Å². The van der Waals surface area contributed by atoms with Gasteiger partial charge in [0.1, 0.15) is 0 Å². The molecule has 0 radical (unpaired) electrons. The van der Waals surface area contributed by atoms with Crippen LogP contribution in [0.3, 0.4) is 0 Å². The molecule has 0 bridgehead atoms. The first kappa shape index (κ1) is 17.2. The summed E-state index contributed by atoms with van der Waals surface area (Å²) < 4.78 is 10.5. The summed E-state index contributed by atoms with van der Waals surface area (Å²) in [6.07, 6.45) is 0. The van der Waals surface area contributed by atoms with Crippen molar-refractivity contribution in [3.05, 3.63) is 58.1 Å². The van der Waals surface area contributed by atoms with Gasteiger partial charge in [0.25, 0.3) is 0 Å². The third-order valence-electron chi connectivity index (χ3n) is 3.49. The SMILES string of the molecule is COc1ccc(CN/N=C(/C)c2cc(C)ccc2Cl)cc1OC. The second-order valence-corrected chi connectivity index (χ2v) is 5.61. The van der Waals surface area contributed by atoms with E-state index in [0.717, 1.165) is 22.4 Å². The van der Waals surface area contributed by atoms with Crippen molar-refractivity contribution in [3.63, 3.8) is 0 Å². The average molecular weight is 333 g/mol. The van der Waals surface area contributed by atoms with Gasteiger partial charge in [-0.05, 0) is 43.7 Å². The molecule has 0 saturated carbocycles. The lowest BCUT2D eigenvalue weighted by molar-refractivity contribution is 0.354. The van der Waals surface area contributed by atoms with E-state index in [1.807, 2.05) is 50.2 Å². The molecule has 2 aromatic rings. The normalized spacial score (nSPS) is 11.3. The van der Waals surface area contributed by atoms with Gasteiger partial charge in [-0.25, -0.2) is 0 Å². The summed E-state index contributed by atoms with van der Waals surface area (Å²) >= 11 is 6.22. The summed E-state index contributed by atoms with van der Waals surface area (Å²) in [4.78, 5) is 0. The molecule has 122 valence electrons. The maximum Gasteiger partial charge on any atom is 0.161 e. The third kappa shape index (κ3) is 4.39. The molecule has 0 saturated heterocycles. The Balaban J connectivity index is 2.07. The van der Waals surface area contributed by atoms with Crippen LogP contribution >= 0.6 is 11.6 Å².